The third-order valence-electron chi connectivity index (χ3n) is 3.86. The smallest absolute Gasteiger partial charge is 0.257 e. The number of H-pyrrole nitrogens is 1. The fraction of sp³-hybridized carbons (Fsp3) is 0.167. The van der Waals surface area contributed by atoms with Crippen LogP contribution in [-0.2, 0) is 0 Å². The molecule has 0 aliphatic carbocycles. The van der Waals surface area contributed by atoms with E-state index in [2.05, 4.69) is 10.3 Å². The third kappa shape index (κ3) is 2.90. The summed E-state index contributed by atoms with van der Waals surface area (Å²) in [5.74, 6) is 0.960. The van der Waals surface area contributed by atoms with Crippen molar-refractivity contribution in [1.29, 1.82) is 0 Å². The molecule has 3 aromatic rings. The van der Waals surface area contributed by atoms with Gasteiger partial charge in [0, 0.05) is 28.2 Å². The number of hydrogen-bond donors (Lipinski definition) is 2. The van der Waals surface area contributed by atoms with Gasteiger partial charge in [0.25, 0.3) is 5.91 Å². The number of nitrogens with one attached hydrogen (secondary N) is 2. The zero-order valence-corrected chi connectivity index (χ0v) is 14.3. The molecule has 1 aromatic heterocycles. The Morgan fingerprint density at radius 1 is 1.17 bits per heavy atom. The summed E-state index contributed by atoms with van der Waals surface area (Å²) in [5, 5.41) is 4.25. The van der Waals surface area contributed by atoms with Gasteiger partial charge in [-0.15, -0.1) is 0 Å². The minimum absolute atomic E-state index is 0.241. The van der Waals surface area contributed by atoms with Crippen LogP contribution in [0.5, 0.6) is 11.5 Å². The fourth-order valence-electron chi connectivity index (χ4n) is 2.53. The summed E-state index contributed by atoms with van der Waals surface area (Å²) < 4.78 is 10.5. The van der Waals surface area contributed by atoms with Crippen molar-refractivity contribution in [2.24, 2.45) is 0 Å². The zero-order valence-electron chi connectivity index (χ0n) is 13.6. The lowest BCUT2D eigenvalue weighted by atomic mass is 10.1. The van der Waals surface area contributed by atoms with Crippen LogP contribution >= 0.6 is 11.6 Å². The van der Waals surface area contributed by atoms with Gasteiger partial charge in [-0.2, -0.15) is 0 Å². The average molecular weight is 345 g/mol. The molecule has 3 rings (SSSR count). The van der Waals surface area contributed by atoms with Crippen LogP contribution in [-0.4, -0.2) is 25.1 Å². The molecule has 0 saturated carbocycles. The van der Waals surface area contributed by atoms with E-state index in [0.717, 1.165) is 16.5 Å². The van der Waals surface area contributed by atoms with Crippen LogP contribution in [0.3, 0.4) is 0 Å². The number of carbonyl (C=O) groups excluding carboxylic acids is 1. The number of benzene rings is 2. The monoisotopic (exact) mass is 344 g/mol. The highest BCUT2D eigenvalue weighted by molar-refractivity contribution is 6.31. The first kappa shape index (κ1) is 16.2. The van der Waals surface area contributed by atoms with E-state index in [9.17, 15) is 4.79 Å². The van der Waals surface area contributed by atoms with Crippen molar-refractivity contribution < 1.29 is 14.3 Å². The first-order chi connectivity index (χ1) is 11.5. The van der Waals surface area contributed by atoms with Crippen LogP contribution in [0.2, 0.25) is 5.02 Å². The second kappa shape index (κ2) is 6.45. The Morgan fingerprint density at radius 3 is 2.67 bits per heavy atom. The van der Waals surface area contributed by atoms with Gasteiger partial charge in [-0.1, -0.05) is 11.6 Å². The number of amides is 1. The van der Waals surface area contributed by atoms with Crippen molar-refractivity contribution in [1.82, 2.24) is 4.98 Å². The van der Waals surface area contributed by atoms with Crippen molar-refractivity contribution in [2.45, 2.75) is 6.92 Å². The Labute approximate surface area is 144 Å². The van der Waals surface area contributed by atoms with Crippen LogP contribution in [0, 0.1) is 6.92 Å². The predicted molar refractivity (Wildman–Crippen MR) is 95.5 cm³/mol. The molecule has 0 atom stereocenters. The normalized spacial score (nSPS) is 10.7. The first-order valence-electron chi connectivity index (χ1n) is 7.34. The van der Waals surface area contributed by atoms with Crippen molar-refractivity contribution >= 4 is 34.1 Å². The minimum atomic E-state index is -0.241. The molecule has 2 N–H and O–H groups in total. The second-order valence-corrected chi connectivity index (χ2v) is 5.78. The molecule has 5 nitrogen and oxygen atoms in total. The number of halogens is 1. The molecule has 0 unspecified atom stereocenters. The molecule has 1 amide bonds. The summed E-state index contributed by atoms with van der Waals surface area (Å²) in [6, 6.07) is 9.01. The molecular weight excluding hydrogens is 328 g/mol. The first-order valence-corrected chi connectivity index (χ1v) is 7.72. The lowest BCUT2D eigenvalue weighted by Gasteiger charge is -2.12. The van der Waals surface area contributed by atoms with Crippen molar-refractivity contribution in [3.8, 4) is 11.5 Å². The maximum Gasteiger partial charge on any atom is 0.257 e. The molecule has 0 fully saturated rings. The van der Waals surface area contributed by atoms with E-state index < -0.39 is 0 Å². The molecule has 0 aliphatic rings. The Hall–Kier alpha value is -2.66. The Balaban J connectivity index is 1.97. The number of methoxy groups -OCH3 is 2. The number of carbonyl (C=O) groups is 1. The maximum absolute atomic E-state index is 12.7. The van der Waals surface area contributed by atoms with Crippen molar-refractivity contribution in [3.63, 3.8) is 0 Å². The molecular formula is C18H17ClN2O3. The van der Waals surface area contributed by atoms with E-state index in [4.69, 9.17) is 21.1 Å². The highest BCUT2D eigenvalue weighted by Crippen LogP contribution is 2.32. The van der Waals surface area contributed by atoms with Gasteiger partial charge in [-0.3, -0.25) is 4.79 Å². The fourth-order valence-corrected chi connectivity index (χ4v) is 2.69. The van der Waals surface area contributed by atoms with Crippen LogP contribution in [0.15, 0.2) is 36.5 Å². The van der Waals surface area contributed by atoms with E-state index in [0.29, 0.717) is 27.8 Å². The van der Waals surface area contributed by atoms with E-state index >= 15 is 0 Å². The lowest BCUT2D eigenvalue weighted by Crippen LogP contribution is -2.12. The van der Waals surface area contributed by atoms with Crippen LogP contribution in [0.1, 0.15) is 15.9 Å². The van der Waals surface area contributed by atoms with Gasteiger partial charge in [-0.05, 0) is 36.8 Å². The number of aromatic amines is 1. The molecule has 0 aliphatic heterocycles. The lowest BCUT2D eigenvalue weighted by molar-refractivity contribution is 0.102. The van der Waals surface area contributed by atoms with Crippen LogP contribution in [0.4, 0.5) is 5.69 Å². The van der Waals surface area contributed by atoms with Gasteiger partial charge in [0.15, 0.2) is 0 Å². The van der Waals surface area contributed by atoms with Crippen molar-refractivity contribution in [2.75, 3.05) is 19.5 Å². The van der Waals surface area contributed by atoms with Gasteiger partial charge in [0.05, 0.1) is 25.5 Å². The molecule has 0 bridgehead atoms. The highest BCUT2D eigenvalue weighted by Gasteiger charge is 2.16. The van der Waals surface area contributed by atoms with Gasteiger partial charge in [0.1, 0.15) is 11.5 Å². The largest absolute Gasteiger partial charge is 0.497 e. The summed E-state index contributed by atoms with van der Waals surface area (Å²) in [6.07, 6.45) is 1.68. The molecule has 2 aromatic carbocycles. The molecule has 24 heavy (non-hydrogen) atoms. The molecule has 0 saturated heterocycles. The second-order valence-electron chi connectivity index (χ2n) is 5.37. The quantitative estimate of drug-likeness (QED) is 0.737. The summed E-state index contributed by atoms with van der Waals surface area (Å²) in [7, 11) is 3.13. The summed E-state index contributed by atoms with van der Waals surface area (Å²) >= 11 is 6.10. The Bertz CT molecular complexity index is 918. The van der Waals surface area contributed by atoms with E-state index in [1.807, 2.05) is 25.1 Å². The number of aryl methyl sites for hydroxylation is 1. The summed E-state index contributed by atoms with van der Waals surface area (Å²) in [4.78, 5) is 15.8. The molecule has 124 valence electrons. The van der Waals surface area contributed by atoms with Gasteiger partial charge in [-0.25, -0.2) is 0 Å². The van der Waals surface area contributed by atoms with Crippen LogP contribution < -0.4 is 14.8 Å². The highest BCUT2D eigenvalue weighted by atomic mass is 35.5. The molecule has 1 heterocycles. The molecule has 0 spiro atoms. The zero-order chi connectivity index (χ0) is 17.3. The predicted octanol–water partition coefficient (Wildman–Crippen LogP) is 4.40. The summed E-state index contributed by atoms with van der Waals surface area (Å²) in [6.45, 7) is 1.87. The maximum atomic E-state index is 12.7. The molecule has 6 heteroatoms. The van der Waals surface area contributed by atoms with Gasteiger partial charge >= 0.3 is 0 Å². The number of aromatic nitrogens is 1. The average Bonchev–Trinajstić information content (AvgIpc) is 3.00. The van der Waals surface area contributed by atoms with E-state index in [1.165, 1.54) is 7.11 Å². The van der Waals surface area contributed by atoms with E-state index in [1.54, 1.807) is 25.4 Å². The van der Waals surface area contributed by atoms with Gasteiger partial charge in [0.2, 0.25) is 0 Å². The topological polar surface area (TPSA) is 63.4 Å². The van der Waals surface area contributed by atoms with Crippen molar-refractivity contribution in [3.05, 3.63) is 52.7 Å². The molecule has 0 radical (unpaired) electrons. The number of rotatable bonds is 4. The number of hydrogen-bond acceptors (Lipinski definition) is 3. The SMILES string of the molecule is COc1ccc2[nH]cc(C(=O)Nc3cc(C)c(Cl)cc3OC)c2c1. The minimum Gasteiger partial charge on any atom is -0.497 e. The van der Waals surface area contributed by atoms with E-state index in [-0.39, 0.29) is 5.91 Å². The van der Waals surface area contributed by atoms with Crippen LogP contribution in [0.25, 0.3) is 10.9 Å². The summed E-state index contributed by atoms with van der Waals surface area (Å²) in [5.41, 5.74) is 2.81. The number of ether oxygens (including phenoxy) is 2. The van der Waals surface area contributed by atoms with Gasteiger partial charge < -0.3 is 19.8 Å². The third-order valence-corrected chi connectivity index (χ3v) is 4.27. The number of anilines is 1. The Kier molecular flexibility index (Phi) is 4.36. The number of fused-ring (bicyclic) bond motifs is 1. The Morgan fingerprint density at radius 2 is 1.96 bits per heavy atom. The standard InChI is InChI=1S/C18H17ClN2O3/c1-10-6-16(17(24-3)8-14(10)19)21-18(22)13-9-20-15-5-4-11(23-2)7-12(13)15/h4-9,20H,1-3H3,(H,21,22).